The lowest BCUT2D eigenvalue weighted by Gasteiger charge is -2.44. The van der Waals surface area contributed by atoms with Crippen molar-refractivity contribution < 1.29 is 54.3 Å². The summed E-state index contributed by atoms with van der Waals surface area (Å²) in [5.74, 6) is -9.59. The van der Waals surface area contributed by atoms with Crippen molar-refractivity contribution in [1.29, 1.82) is 0 Å². The maximum Gasteiger partial charge on any atom is 0.340 e. The van der Waals surface area contributed by atoms with Crippen molar-refractivity contribution in [2.45, 2.75) is 83.7 Å². The van der Waals surface area contributed by atoms with Crippen LogP contribution in [0.5, 0.6) is 11.5 Å². The van der Waals surface area contributed by atoms with E-state index in [1.165, 1.54) is 62.4 Å². The molecule has 0 radical (unpaired) electrons. The van der Waals surface area contributed by atoms with Crippen molar-refractivity contribution in [1.82, 2.24) is 15.5 Å². The fraction of sp³-hybridized carbons (Fsp3) is 0.438. The number of carboxylic acids is 3. The van der Waals surface area contributed by atoms with Gasteiger partial charge < -0.3 is 42.7 Å². The number of hydrogen-bond acceptors (Lipinski definition) is 15. The lowest BCUT2D eigenvalue weighted by Crippen LogP contribution is -2.75. The Bertz CT molecular complexity index is 1720. The molecule has 2 heterocycles. The van der Waals surface area contributed by atoms with Gasteiger partial charge in [0, 0.05) is 9.49 Å². The number of carbonyl (C=O) groups excluding carboxylic acids is 3. The van der Waals surface area contributed by atoms with E-state index in [1.54, 1.807) is 13.8 Å². The molecule has 0 aliphatic carbocycles. The molecule has 2 aromatic carbocycles. The van der Waals surface area contributed by atoms with Crippen LogP contribution < -0.4 is 27.8 Å². The molecule has 2 saturated heterocycles. The van der Waals surface area contributed by atoms with Crippen LogP contribution in [-0.4, -0.2) is 110 Å². The zero-order valence-corrected chi connectivity index (χ0v) is 29.5. The van der Waals surface area contributed by atoms with Crippen molar-refractivity contribution in [2.75, 3.05) is 0 Å². The number of Topliss-reactive ketones (excluding diaryl/α,β-unsaturated/α-hetero) is 1. The van der Waals surface area contributed by atoms with Gasteiger partial charge in [0.25, 0.3) is 5.91 Å². The lowest BCUT2D eigenvalue weighted by molar-refractivity contribution is -0.173. The van der Waals surface area contributed by atoms with Crippen molar-refractivity contribution in [3.63, 3.8) is 0 Å². The number of phenols is 2. The topological polar surface area (TPSA) is 309 Å². The SMILES string of the molecule is CC1(C)S[C@@H](C(N)C(=O)N(C(=O)C(N)c2ccc(O)cc2)[C@@](C(=O)O)(C(=O)C(N)c2ccc(O)cc2)[C@H]2N[C@@H](C(=O)O)C(C)(C)S2)N[C@H]1C(=O)O. The number of amides is 2. The number of benzene rings is 2. The monoisotopic (exact) mass is 748 g/mol. The van der Waals surface area contributed by atoms with Crippen LogP contribution in [0.25, 0.3) is 0 Å². The number of ketones is 1. The van der Waals surface area contributed by atoms with Gasteiger partial charge >= 0.3 is 17.9 Å². The van der Waals surface area contributed by atoms with Crippen LogP contribution in [0, 0.1) is 0 Å². The summed E-state index contributed by atoms with van der Waals surface area (Å²) in [6.07, 6.45) is 0. The number of phenolic OH excluding ortho intramolecular Hbond substituents is 2. The molecule has 19 heteroatoms. The Morgan fingerprint density at radius 1 is 0.706 bits per heavy atom. The maximum atomic E-state index is 14.9. The number of nitrogens with two attached hydrogens (primary N) is 3. The van der Waals surface area contributed by atoms with Crippen LogP contribution in [0.2, 0.25) is 0 Å². The normalized spacial score (nSPS) is 25.2. The van der Waals surface area contributed by atoms with Gasteiger partial charge in [-0.05, 0) is 63.1 Å². The highest BCUT2D eigenvalue weighted by Crippen LogP contribution is 2.47. The molecule has 3 unspecified atom stereocenters. The van der Waals surface area contributed by atoms with Gasteiger partial charge in [0.2, 0.25) is 11.4 Å². The summed E-state index contributed by atoms with van der Waals surface area (Å²) in [7, 11) is 0. The number of carbonyl (C=O) groups is 6. The molecule has 2 aliphatic rings. The van der Waals surface area contributed by atoms with Gasteiger partial charge in [-0.15, -0.1) is 23.5 Å². The largest absolute Gasteiger partial charge is 0.508 e. The molecule has 276 valence electrons. The molecule has 2 aliphatic heterocycles. The Balaban J connectivity index is 2.00. The van der Waals surface area contributed by atoms with Crippen LogP contribution in [0.4, 0.5) is 0 Å². The smallest absolute Gasteiger partial charge is 0.340 e. The summed E-state index contributed by atoms with van der Waals surface area (Å²) < 4.78 is -2.41. The molecule has 2 amide bonds. The Kier molecular flexibility index (Phi) is 11.2. The zero-order chi connectivity index (χ0) is 38.4. The fourth-order valence-electron chi connectivity index (χ4n) is 6.11. The van der Waals surface area contributed by atoms with E-state index >= 15 is 0 Å². The predicted molar refractivity (Wildman–Crippen MR) is 185 cm³/mol. The molecule has 51 heavy (non-hydrogen) atoms. The van der Waals surface area contributed by atoms with Crippen LogP contribution in [-0.2, 0) is 28.8 Å². The Morgan fingerprint density at radius 3 is 1.55 bits per heavy atom. The summed E-state index contributed by atoms with van der Waals surface area (Å²) in [4.78, 5) is 82.8. The van der Waals surface area contributed by atoms with E-state index in [0.29, 0.717) is 11.8 Å². The average Bonchev–Trinajstić information content (AvgIpc) is 3.56. The van der Waals surface area contributed by atoms with E-state index in [9.17, 15) is 54.3 Å². The van der Waals surface area contributed by atoms with Gasteiger partial charge in [0.05, 0.1) is 16.8 Å². The second-order valence-electron chi connectivity index (χ2n) is 13.2. The van der Waals surface area contributed by atoms with E-state index in [4.69, 9.17) is 17.2 Å². The molecule has 4 rings (SSSR count). The van der Waals surface area contributed by atoms with Crippen LogP contribution in [0.3, 0.4) is 0 Å². The molecule has 8 atom stereocenters. The summed E-state index contributed by atoms with van der Waals surface area (Å²) >= 11 is 1.59. The first-order chi connectivity index (χ1) is 23.6. The number of hydrogen-bond donors (Lipinski definition) is 10. The number of nitrogens with one attached hydrogen (secondary N) is 2. The number of thioether (sulfide) groups is 2. The lowest BCUT2D eigenvalue weighted by atomic mass is 9.82. The average molecular weight is 749 g/mol. The molecule has 0 saturated carbocycles. The summed E-state index contributed by atoms with van der Waals surface area (Å²) in [5.41, 5.74) is 15.8. The van der Waals surface area contributed by atoms with Crippen LogP contribution >= 0.6 is 23.5 Å². The Morgan fingerprint density at radius 2 is 1.14 bits per heavy atom. The maximum absolute atomic E-state index is 14.9. The van der Waals surface area contributed by atoms with Crippen LogP contribution in [0.15, 0.2) is 48.5 Å². The van der Waals surface area contributed by atoms with E-state index in [-0.39, 0.29) is 27.5 Å². The highest BCUT2D eigenvalue weighted by atomic mass is 32.2. The van der Waals surface area contributed by atoms with Gasteiger partial charge in [-0.1, -0.05) is 24.3 Å². The van der Waals surface area contributed by atoms with Crippen molar-refractivity contribution in [3.8, 4) is 11.5 Å². The highest BCUT2D eigenvalue weighted by molar-refractivity contribution is 8.02. The number of nitrogens with zero attached hydrogens (tertiary/aromatic N) is 1. The summed E-state index contributed by atoms with van der Waals surface area (Å²) in [6, 6.07) is 1.20. The van der Waals surface area contributed by atoms with Crippen molar-refractivity contribution >= 4 is 59.0 Å². The van der Waals surface area contributed by atoms with E-state index in [0.717, 1.165) is 11.8 Å². The highest BCUT2D eigenvalue weighted by Gasteiger charge is 2.67. The number of aliphatic carboxylic acids is 3. The van der Waals surface area contributed by atoms with Gasteiger partial charge in [0.15, 0.2) is 5.78 Å². The number of aromatic hydroxyl groups is 2. The summed E-state index contributed by atoms with van der Waals surface area (Å²) in [6.45, 7) is 6.05. The number of rotatable bonds is 12. The van der Waals surface area contributed by atoms with E-state index < -0.39 is 91.5 Å². The Labute approximate surface area is 300 Å². The van der Waals surface area contributed by atoms with Crippen LogP contribution in [0.1, 0.15) is 50.9 Å². The minimum atomic E-state index is -3.35. The van der Waals surface area contributed by atoms with Crippen molar-refractivity contribution in [2.24, 2.45) is 17.2 Å². The molecule has 2 aromatic rings. The number of imide groups is 1. The Hall–Kier alpha value is -4.24. The first-order valence-corrected chi connectivity index (χ1v) is 17.2. The third-order valence-corrected chi connectivity index (χ3v) is 12.0. The number of carboxylic acid groups (broad SMARTS) is 3. The molecule has 0 aromatic heterocycles. The quantitative estimate of drug-likeness (QED) is 0.124. The fourth-order valence-corrected chi connectivity index (χ4v) is 9.15. The van der Waals surface area contributed by atoms with Gasteiger partial charge in [0.1, 0.15) is 35.7 Å². The molecule has 2 fully saturated rings. The minimum absolute atomic E-state index is 0.0186. The second-order valence-corrected chi connectivity index (χ2v) is 16.8. The summed E-state index contributed by atoms with van der Waals surface area (Å²) in [5, 5.41) is 53.0. The van der Waals surface area contributed by atoms with Gasteiger partial charge in [-0.2, -0.15) is 0 Å². The first-order valence-electron chi connectivity index (χ1n) is 15.4. The molecule has 0 bridgehead atoms. The standard InChI is InChI=1S/C32H40N6O11S2/c1-30(2)20(26(44)45)36-23(50-30)19(35)25(43)38(24(42)18(34)14-7-11-16(40)12-8-14)32(29(48)49,28-37-21(27(46)47)31(3,4)51-28)22(41)17(33)13-5-9-15(39)10-6-13/h5-12,17-21,23,28,36-37,39-40H,33-35H2,1-4H3,(H,44,45)(H,46,47)(H,48,49)/t17?,18?,19?,20-,21-,23-,28-,32-/m0/s1. The van der Waals surface area contributed by atoms with Gasteiger partial charge in [-0.3, -0.25) is 39.5 Å². The predicted octanol–water partition coefficient (Wildman–Crippen LogP) is -0.339. The third kappa shape index (κ3) is 7.27. The molecule has 0 spiro atoms. The first kappa shape index (κ1) is 39.5. The third-order valence-electron chi connectivity index (χ3n) is 8.92. The van der Waals surface area contributed by atoms with E-state index in [2.05, 4.69) is 10.6 Å². The zero-order valence-electron chi connectivity index (χ0n) is 27.8. The molecule has 17 nitrogen and oxygen atoms in total. The van der Waals surface area contributed by atoms with E-state index in [1.807, 2.05) is 0 Å². The van der Waals surface area contributed by atoms with Gasteiger partial charge in [-0.25, -0.2) is 4.79 Å². The molecular formula is C32H40N6O11S2. The molecular weight excluding hydrogens is 709 g/mol. The second kappa shape index (κ2) is 14.4. The minimum Gasteiger partial charge on any atom is -0.508 e. The van der Waals surface area contributed by atoms with Crippen molar-refractivity contribution in [3.05, 3.63) is 59.7 Å². The molecule has 13 N–H and O–H groups in total.